The van der Waals surface area contributed by atoms with Gasteiger partial charge in [0, 0.05) is 30.4 Å². The first-order valence-electron chi connectivity index (χ1n) is 8.63. The molecule has 2 aromatic heterocycles. The smallest absolute Gasteiger partial charge is 0.237 e. The number of aromatic nitrogens is 3. The largest absolute Gasteiger partial charge is 0.508 e. The Bertz CT molecular complexity index is 965. The van der Waals surface area contributed by atoms with Crippen molar-refractivity contribution < 1.29 is 14.2 Å². The summed E-state index contributed by atoms with van der Waals surface area (Å²) in [6.45, 7) is 4.32. The van der Waals surface area contributed by atoms with Gasteiger partial charge in [0.2, 0.25) is 5.95 Å². The van der Waals surface area contributed by atoms with Crippen molar-refractivity contribution in [3.8, 4) is 17.2 Å². The highest BCUT2D eigenvalue weighted by molar-refractivity contribution is 6.38. The molecule has 2 heterocycles. The predicted octanol–water partition coefficient (Wildman–Crippen LogP) is 5.53. The van der Waals surface area contributed by atoms with Crippen molar-refractivity contribution in [1.29, 1.82) is 0 Å². The maximum atomic E-state index is 14.2. The first kappa shape index (κ1) is 20.2. The normalized spacial score (nSPS) is 11.1. The van der Waals surface area contributed by atoms with E-state index in [1.165, 1.54) is 6.07 Å². The third-order valence-corrected chi connectivity index (χ3v) is 4.76. The van der Waals surface area contributed by atoms with Crippen molar-refractivity contribution in [3.05, 3.63) is 58.0 Å². The number of hydrogen-bond donors (Lipinski definition) is 3. The number of aromatic amines is 1. The second-order valence-corrected chi connectivity index (χ2v) is 7.20. The highest BCUT2D eigenvalue weighted by Crippen LogP contribution is 2.42. The van der Waals surface area contributed by atoms with E-state index in [0.29, 0.717) is 24.3 Å². The van der Waals surface area contributed by atoms with Gasteiger partial charge in [-0.1, -0.05) is 37.0 Å². The Hall–Kier alpha value is -2.51. The molecule has 0 saturated carbocycles. The highest BCUT2D eigenvalue weighted by Gasteiger charge is 2.20. The molecule has 0 amide bonds. The lowest BCUT2D eigenvalue weighted by atomic mass is 10.0. The number of hydrogen-bond acceptors (Lipinski definition) is 5. The molecule has 3 aromatic rings. The summed E-state index contributed by atoms with van der Waals surface area (Å²) in [6.07, 6.45) is 3.90. The van der Waals surface area contributed by atoms with Crippen LogP contribution < -0.4 is 10.1 Å². The van der Waals surface area contributed by atoms with Gasteiger partial charge in [-0.2, -0.15) is 9.37 Å². The molecule has 9 heteroatoms. The number of anilines is 1. The van der Waals surface area contributed by atoms with Crippen LogP contribution in [-0.4, -0.2) is 26.6 Å². The molecule has 148 valence electrons. The molecule has 0 fully saturated rings. The molecule has 0 atom stereocenters. The van der Waals surface area contributed by atoms with E-state index in [4.69, 9.17) is 27.9 Å². The van der Waals surface area contributed by atoms with Gasteiger partial charge in [0.05, 0.1) is 6.33 Å². The van der Waals surface area contributed by atoms with Gasteiger partial charge in [0.1, 0.15) is 21.5 Å². The summed E-state index contributed by atoms with van der Waals surface area (Å²) in [7, 11) is 0. The minimum atomic E-state index is -0.895. The molecule has 0 radical (unpaired) electrons. The van der Waals surface area contributed by atoms with Crippen molar-refractivity contribution in [1.82, 2.24) is 15.0 Å². The molecule has 3 rings (SSSR count). The van der Waals surface area contributed by atoms with Crippen molar-refractivity contribution >= 4 is 29.0 Å². The Balaban J connectivity index is 1.84. The first-order chi connectivity index (χ1) is 13.4. The number of ether oxygens (including phenoxy) is 1. The van der Waals surface area contributed by atoms with Crippen LogP contribution >= 0.6 is 23.2 Å². The second kappa shape index (κ2) is 8.67. The van der Waals surface area contributed by atoms with Gasteiger partial charge in [0.15, 0.2) is 11.6 Å². The quantitative estimate of drug-likeness (QED) is 0.434. The van der Waals surface area contributed by atoms with Crippen LogP contribution in [-0.2, 0) is 6.42 Å². The highest BCUT2D eigenvalue weighted by atomic mass is 35.5. The van der Waals surface area contributed by atoms with Crippen LogP contribution in [0.5, 0.6) is 17.2 Å². The van der Waals surface area contributed by atoms with E-state index in [1.54, 1.807) is 24.7 Å². The summed E-state index contributed by atoms with van der Waals surface area (Å²) in [4.78, 5) is 10.7. The van der Waals surface area contributed by atoms with E-state index in [0.717, 1.165) is 5.69 Å². The Morgan fingerprint density at radius 3 is 2.75 bits per heavy atom. The summed E-state index contributed by atoms with van der Waals surface area (Å²) in [6, 6.07) is 4.72. The molecule has 0 aliphatic heterocycles. The minimum absolute atomic E-state index is 0.0414. The van der Waals surface area contributed by atoms with Crippen molar-refractivity contribution in [3.63, 3.8) is 0 Å². The van der Waals surface area contributed by atoms with Gasteiger partial charge in [-0.05, 0) is 24.1 Å². The van der Waals surface area contributed by atoms with Gasteiger partial charge >= 0.3 is 0 Å². The number of aromatic hydroxyl groups is 1. The van der Waals surface area contributed by atoms with Crippen LogP contribution in [0.25, 0.3) is 0 Å². The monoisotopic (exact) mass is 424 g/mol. The lowest BCUT2D eigenvalue weighted by Gasteiger charge is -2.15. The van der Waals surface area contributed by atoms with Gasteiger partial charge in [-0.3, -0.25) is 0 Å². The maximum absolute atomic E-state index is 14.2. The number of nitrogens with zero attached hydrogens (tertiary/aromatic N) is 2. The average Bonchev–Trinajstić information content (AvgIpc) is 3.17. The van der Waals surface area contributed by atoms with Gasteiger partial charge < -0.3 is 20.1 Å². The van der Waals surface area contributed by atoms with E-state index < -0.39 is 5.95 Å². The molecule has 0 spiro atoms. The first-order valence-corrected chi connectivity index (χ1v) is 9.38. The zero-order valence-electron chi connectivity index (χ0n) is 15.3. The van der Waals surface area contributed by atoms with Crippen molar-refractivity contribution in [2.24, 2.45) is 0 Å². The Labute approximate surface area is 171 Å². The predicted molar refractivity (Wildman–Crippen MR) is 107 cm³/mol. The molecular weight excluding hydrogens is 406 g/mol. The summed E-state index contributed by atoms with van der Waals surface area (Å²) >= 11 is 12.4. The fraction of sp³-hybridized carbons (Fsp3) is 0.263. The zero-order chi connectivity index (χ0) is 20.3. The Kier molecular flexibility index (Phi) is 6.26. The Morgan fingerprint density at radius 1 is 1.29 bits per heavy atom. The molecule has 0 aliphatic rings. The van der Waals surface area contributed by atoms with E-state index in [9.17, 15) is 9.50 Å². The van der Waals surface area contributed by atoms with E-state index in [-0.39, 0.29) is 33.3 Å². The number of phenolic OH excluding ortho intramolecular Hbond substituents is 1. The number of halogens is 3. The van der Waals surface area contributed by atoms with Crippen molar-refractivity contribution in [2.45, 2.75) is 26.2 Å². The minimum Gasteiger partial charge on any atom is -0.508 e. The number of benzene rings is 1. The number of H-pyrrole nitrogens is 1. The molecule has 0 saturated heterocycles. The van der Waals surface area contributed by atoms with Crippen LogP contribution in [0.3, 0.4) is 0 Å². The standard InChI is InChI=1S/C19H19Cl2FN4O2/c1-10(2)13-7-12(3-4-14(13)27)28-17-15(20)18(22)26-19(16(17)21)24-6-5-11-8-23-9-25-11/h3-4,7-10,27H,5-6H2,1-2H3,(H,23,25)(H,24,26). The fourth-order valence-electron chi connectivity index (χ4n) is 2.61. The lowest BCUT2D eigenvalue weighted by molar-refractivity contribution is 0.452. The summed E-state index contributed by atoms with van der Waals surface area (Å²) in [5.41, 5.74) is 1.61. The summed E-state index contributed by atoms with van der Waals surface area (Å²) < 4.78 is 20.0. The van der Waals surface area contributed by atoms with Crippen molar-refractivity contribution in [2.75, 3.05) is 11.9 Å². The van der Waals surface area contributed by atoms with E-state index in [1.807, 2.05) is 13.8 Å². The third kappa shape index (κ3) is 4.48. The second-order valence-electron chi connectivity index (χ2n) is 6.44. The van der Waals surface area contributed by atoms with Gasteiger partial charge in [-0.15, -0.1) is 0 Å². The Morgan fingerprint density at radius 2 is 2.07 bits per heavy atom. The number of nitrogens with one attached hydrogen (secondary N) is 2. The van der Waals surface area contributed by atoms with Gasteiger partial charge in [-0.25, -0.2) is 4.98 Å². The molecule has 1 aromatic carbocycles. The fourth-order valence-corrected chi connectivity index (χ4v) is 3.08. The number of rotatable bonds is 7. The topological polar surface area (TPSA) is 83.1 Å². The molecule has 0 aliphatic carbocycles. The van der Waals surface area contributed by atoms with Crippen LogP contribution in [0.1, 0.15) is 31.0 Å². The SMILES string of the molecule is CC(C)c1cc(Oc2c(Cl)c(F)nc(NCCc3cnc[nH]3)c2Cl)ccc1O. The van der Waals surface area contributed by atoms with Crippen LogP contribution in [0, 0.1) is 5.95 Å². The summed E-state index contributed by atoms with van der Waals surface area (Å²) in [5.74, 6) is -0.210. The number of phenols is 1. The van der Waals surface area contributed by atoms with Crippen LogP contribution in [0.2, 0.25) is 10.0 Å². The van der Waals surface area contributed by atoms with Crippen LogP contribution in [0.4, 0.5) is 10.2 Å². The maximum Gasteiger partial charge on any atom is 0.237 e. The molecule has 0 bridgehead atoms. The van der Waals surface area contributed by atoms with E-state index in [2.05, 4.69) is 20.3 Å². The summed E-state index contributed by atoms with van der Waals surface area (Å²) in [5, 5.41) is 12.7. The third-order valence-electron chi connectivity index (χ3n) is 4.08. The molecule has 6 nitrogen and oxygen atoms in total. The lowest BCUT2D eigenvalue weighted by Crippen LogP contribution is -2.08. The zero-order valence-corrected chi connectivity index (χ0v) is 16.8. The van der Waals surface area contributed by atoms with Crippen LogP contribution in [0.15, 0.2) is 30.7 Å². The molecule has 0 unspecified atom stereocenters. The van der Waals surface area contributed by atoms with E-state index >= 15 is 0 Å². The number of imidazole rings is 1. The average molecular weight is 425 g/mol. The molecular formula is C19H19Cl2FN4O2. The van der Waals surface area contributed by atoms with Gasteiger partial charge in [0.25, 0.3) is 0 Å². The molecule has 28 heavy (non-hydrogen) atoms. The molecule has 3 N–H and O–H groups in total. The number of pyridine rings is 1.